The van der Waals surface area contributed by atoms with Gasteiger partial charge in [-0.2, -0.15) is 0 Å². The van der Waals surface area contributed by atoms with Crippen LogP contribution in [-0.4, -0.2) is 24.0 Å². The largest absolute Gasteiger partial charge is 0.369 e. The molecule has 0 spiro atoms. The second-order valence-electron chi connectivity index (χ2n) is 4.92. The van der Waals surface area contributed by atoms with E-state index in [-0.39, 0.29) is 17.3 Å². The lowest BCUT2D eigenvalue weighted by atomic mass is 9.98. The summed E-state index contributed by atoms with van der Waals surface area (Å²) in [6.07, 6.45) is 1.60. The first-order chi connectivity index (χ1) is 9.54. The monoisotopic (exact) mass is 297 g/mol. The Morgan fingerprint density at radius 1 is 1.45 bits per heavy atom. The zero-order chi connectivity index (χ0) is 14.3. The number of nitrogens with two attached hydrogens (primary N) is 1. The molecule has 2 aromatic rings. The van der Waals surface area contributed by atoms with E-state index in [0.717, 1.165) is 25.5 Å². The fourth-order valence-electron chi connectivity index (χ4n) is 2.46. The minimum atomic E-state index is -0.661. The normalized spacial score (nSPS) is 19.5. The predicted molar refractivity (Wildman–Crippen MR) is 73.7 cm³/mol. The van der Waals surface area contributed by atoms with Crippen molar-refractivity contribution in [3.05, 3.63) is 23.8 Å². The number of nitrogens with zero attached hydrogens (tertiary/aromatic N) is 2. The lowest BCUT2D eigenvalue weighted by molar-refractivity contribution is -0.122. The molecule has 1 aromatic carbocycles. The van der Waals surface area contributed by atoms with E-state index >= 15 is 0 Å². The van der Waals surface area contributed by atoms with Crippen molar-refractivity contribution in [1.29, 1.82) is 0 Å². The van der Waals surface area contributed by atoms with Crippen LogP contribution in [-0.2, 0) is 4.79 Å². The third kappa shape index (κ3) is 2.33. The van der Waals surface area contributed by atoms with Crippen LogP contribution in [0.3, 0.4) is 0 Å². The molecule has 20 heavy (non-hydrogen) atoms. The maximum absolute atomic E-state index is 13.6. The van der Waals surface area contributed by atoms with Crippen LogP contribution in [0.4, 0.5) is 13.9 Å². The van der Waals surface area contributed by atoms with Gasteiger partial charge in [0.15, 0.2) is 10.9 Å². The van der Waals surface area contributed by atoms with Crippen LogP contribution in [0.5, 0.6) is 0 Å². The van der Waals surface area contributed by atoms with Gasteiger partial charge in [-0.3, -0.25) is 4.79 Å². The summed E-state index contributed by atoms with van der Waals surface area (Å²) < 4.78 is 27.3. The molecule has 4 nitrogen and oxygen atoms in total. The highest BCUT2D eigenvalue weighted by Crippen LogP contribution is 2.33. The van der Waals surface area contributed by atoms with Crippen LogP contribution in [0.1, 0.15) is 12.8 Å². The quantitative estimate of drug-likeness (QED) is 0.925. The first-order valence-corrected chi connectivity index (χ1v) is 7.16. The van der Waals surface area contributed by atoms with Crippen molar-refractivity contribution >= 4 is 32.6 Å². The Labute approximate surface area is 118 Å². The van der Waals surface area contributed by atoms with Gasteiger partial charge in [0.05, 0.1) is 10.6 Å². The Kier molecular flexibility index (Phi) is 3.29. The number of anilines is 1. The zero-order valence-corrected chi connectivity index (χ0v) is 11.4. The second-order valence-corrected chi connectivity index (χ2v) is 5.93. The van der Waals surface area contributed by atoms with Crippen molar-refractivity contribution in [2.45, 2.75) is 12.8 Å². The van der Waals surface area contributed by atoms with Gasteiger partial charge in [0, 0.05) is 19.2 Å². The molecular weight excluding hydrogens is 284 g/mol. The number of halogens is 2. The predicted octanol–water partition coefficient (Wildman–Crippen LogP) is 2.28. The van der Waals surface area contributed by atoms with Crippen molar-refractivity contribution in [3.63, 3.8) is 0 Å². The maximum atomic E-state index is 13.6. The summed E-state index contributed by atoms with van der Waals surface area (Å²) in [7, 11) is 0. The molecule has 0 bridgehead atoms. The lowest BCUT2D eigenvalue weighted by Gasteiger charge is -2.30. The molecule has 1 fully saturated rings. The van der Waals surface area contributed by atoms with Crippen molar-refractivity contribution in [2.75, 3.05) is 18.0 Å². The lowest BCUT2D eigenvalue weighted by Crippen LogP contribution is -2.41. The summed E-state index contributed by atoms with van der Waals surface area (Å²) in [6.45, 7) is 1.23. The number of carbonyl (C=O) groups is 1. The van der Waals surface area contributed by atoms with Crippen LogP contribution in [0.15, 0.2) is 12.1 Å². The molecule has 1 saturated heterocycles. The standard InChI is InChI=1S/C13H13F2N3OS/c14-8-4-9(15)11-10(5-8)20-13(17-11)18-3-1-2-7(6-18)12(16)19/h4-5,7H,1-3,6H2,(H2,16,19). The molecule has 0 radical (unpaired) electrons. The van der Waals surface area contributed by atoms with Crippen LogP contribution in [0, 0.1) is 17.6 Å². The first kappa shape index (κ1) is 13.2. The number of carbonyl (C=O) groups excluding carboxylic acids is 1. The van der Waals surface area contributed by atoms with E-state index in [1.807, 2.05) is 4.90 Å². The van der Waals surface area contributed by atoms with Crippen LogP contribution in [0.2, 0.25) is 0 Å². The summed E-state index contributed by atoms with van der Waals surface area (Å²) in [6, 6.07) is 2.10. The van der Waals surface area contributed by atoms with E-state index < -0.39 is 11.6 Å². The molecule has 1 aliphatic rings. The van der Waals surface area contributed by atoms with Crippen LogP contribution in [0.25, 0.3) is 10.2 Å². The molecule has 3 rings (SSSR count). The number of benzene rings is 1. The molecule has 1 amide bonds. The van der Waals surface area contributed by atoms with Gasteiger partial charge in [0.2, 0.25) is 5.91 Å². The van der Waals surface area contributed by atoms with Gasteiger partial charge >= 0.3 is 0 Å². The van der Waals surface area contributed by atoms with Crippen molar-refractivity contribution in [3.8, 4) is 0 Å². The number of amides is 1. The zero-order valence-electron chi connectivity index (χ0n) is 10.6. The van der Waals surface area contributed by atoms with Crippen molar-refractivity contribution in [1.82, 2.24) is 4.98 Å². The van der Waals surface area contributed by atoms with E-state index in [1.54, 1.807) is 0 Å². The molecule has 106 valence electrons. The fraction of sp³-hybridized carbons (Fsp3) is 0.385. The van der Waals surface area contributed by atoms with Crippen molar-refractivity contribution in [2.24, 2.45) is 11.7 Å². The molecule has 2 N–H and O–H groups in total. The molecule has 0 aliphatic carbocycles. The smallest absolute Gasteiger partial charge is 0.222 e. The third-order valence-electron chi connectivity index (χ3n) is 3.50. The molecule has 1 aromatic heterocycles. The number of rotatable bonds is 2. The third-order valence-corrected chi connectivity index (χ3v) is 4.56. The number of hydrogen-bond donors (Lipinski definition) is 1. The summed E-state index contributed by atoms with van der Waals surface area (Å²) in [4.78, 5) is 17.4. The Bertz CT molecular complexity index is 673. The van der Waals surface area contributed by atoms with Crippen molar-refractivity contribution < 1.29 is 13.6 Å². The van der Waals surface area contributed by atoms with Crippen LogP contribution >= 0.6 is 11.3 Å². The SMILES string of the molecule is NC(=O)C1CCCN(c2nc3c(F)cc(F)cc3s2)C1. The van der Waals surface area contributed by atoms with Gasteiger partial charge in [-0.15, -0.1) is 0 Å². The molecule has 7 heteroatoms. The second kappa shape index (κ2) is 4.97. The summed E-state index contributed by atoms with van der Waals surface area (Å²) in [5.41, 5.74) is 5.51. The van der Waals surface area contributed by atoms with Gasteiger partial charge in [0.1, 0.15) is 11.3 Å². The molecular formula is C13H13F2N3OS. The van der Waals surface area contributed by atoms with E-state index in [9.17, 15) is 13.6 Å². The minimum Gasteiger partial charge on any atom is -0.369 e. The maximum Gasteiger partial charge on any atom is 0.222 e. The fourth-order valence-corrected chi connectivity index (χ4v) is 3.50. The Morgan fingerprint density at radius 2 is 2.25 bits per heavy atom. The highest BCUT2D eigenvalue weighted by Gasteiger charge is 2.26. The molecule has 1 atom stereocenters. The Hall–Kier alpha value is -1.76. The van der Waals surface area contributed by atoms with Gasteiger partial charge in [-0.25, -0.2) is 13.8 Å². The first-order valence-electron chi connectivity index (χ1n) is 6.34. The van der Waals surface area contributed by atoms with Gasteiger partial charge in [0.25, 0.3) is 0 Å². The van der Waals surface area contributed by atoms with E-state index in [4.69, 9.17) is 5.73 Å². The number of thiazole rings is 1. The Morgan fingerprint density at radius 3 is 3.00 bits per heavy atom. The molecule has 2 heterocycles. The number of piperidine rings is 1. The summed E-state index contributed by atoms with van der Waals surface area (Å²) in [5, 5.41) is 0.607. The number of hydrogen-bond acceptors (Lipinski definition) is 4. The highest BCUT2D eigenvalue weighted by atomic mass is 32.1. The molecule has 1 aliphatic heterocycles. The average Bonchev–Trinajstić information content (AvgIpc) is 2.83. The van der Waals surface area contributed by atoms with Gasteiger partial charge in [-0.1, -0.05) is 11.3 Å². The number of primary amides is 1. The summed E-state index contributed by atoms with van der Waals surface area (Å²) in [5.74, 6) is -1.81. The minimum absolute atomic E-state index is 0.174. The average molecular weight is 297 g/mol. The van der Waals surface area contributed by atoms with E-state index in [0.29, 0.717) is 16.4 Å². The van der Waals surface area contributed by atoms with Gasteiger partial charge in [-0.05, 0) is 18.9 Å². The summed E-state index contributed by atoms with van der Waals surface area (Å²) >= 11 is 1.23. The molecule has 1 unspecified atom stereocenters. The van der Waals surface area contributed by atoms with E-state index in [2.05, 4.69) is 4.98 Å². The van der Waals surface area contributed by atoms with Gasteiger partial charge < -0.3 is 10.6 Å². The highest BCUT2D eigenvalue weighted by molar-refractivity contribution is 7.22. The van der Waals surface area contributed by atoms with E-state index in [1.165, 1.54) is 17.4 Å². The topological polar surface area (TPSA) is 59.2 Å². The number of fused-ring (bicyclic) bond motifs is 1. The molecule has 0 saturated carbocycles. The Balaban J connectivity index is 1.94. The number of aromatic nitrogens is 1. The van der Waals surface area contributed by atoms with Crippen LogP contribution < -0.4 is 10.6 Å².